The summed E-state index contributed by atoms with van der Waals surface area (Å²) in [4.78, 5) is 0. The molecule has 0 N–H and O–H groups in total. The molecule has 4 nitrogen and oxygen atoms in total. The van der Waals surface area contributed by atoms with Crippen molar-refractivity contribution in [1.29, 1.82) is 5.26 Å². The van der Waals surface area contributed by atoms with Crippen LogP contribution in [0.25, 0.3) is 11.3 Å². The standard InChI is InChI=1S/C14H13BrN2O2/c1-7-8(2)14(18-4)12(9(3)13(7)15)11-5-10(6-16)17-19-11/h5H,1-4H3. The Bertz CT molecular complexity index is 684. The highest BCUT2D eigenvalue weighted by Crippen LogP contribution is 2.42. The van der Waals surface area contributed by atoms with Crippen LogP contribution in [-0.2, 0) is 0 Å². The maximum atomic E-state index is 8.83. The molecule has 98 valence electrons. The molecule has 1 aromatic heterocycles. The van der Waals surface area contributed by atoms with Crippen molar-refractivity contribution in [2.45, 2.75) is 20.8 Å². The molecule has 19 heavy (non-hydrogen) atoms. The van der Waals surface area contributed by atoms with Gasteiger partial charge in [-0.25, -0.2) is 0 Å². The Morgan fingerprint density at radius 2 is 1.95 bits per heavy atom. The number of benzene rings is 1. The summed E-state index contributed by atoms with van der Waals surface area (Å²) in [5.74, 6) is 1.29. The zero-order valence-electron chi connectivity index (χ0n) is 11.2. The van der Waals surface area contributed by atoms with Gasteiger partial charge in [0.2, 0.25) is 0 Å². The van der Waals surface area contributed by atoms with Crippen LogP contribution in [0.4, 0.5) is 0 Å². The number of hydrogen-bond acceptors (Lipinski definition) is 4. The van der Waals surface area contributed by atoms with Crippen LogP contribution in [0.1, 0.15) is 22.4 Å². The number of hydrogen-bond donors (Lipinski definition) is 0. The van der Waals surface area contributed by atoms with Gasteiger partial charge in [-0.3, -0.25) is 0 Å². The molecule has 0 atom stereocenters. The molecule has 0 fully saturated rings. The van der Waals surface area contributed by atoms with E-state index in [2.05, 4.69) is 21.1 Å². The smallest absolute Gasteiger partial charge is 0.184 e. The third-order valence-electron chi connectivity index (χ3n) is 3.24. The zero-order chi connectivity index (χ0) is 14.2. The molecule has 0 saturated carbocycles. The van der Waals surface area contributed by atoms with Gasteiger partial charge in [0.25, 0.3) is 0 Å². The molecule has 0 aliphatic rings. The van der Waals surface area contributed by atoms with Crippen LogP contribution in [0.3, 0.4) is 0 Å². The second-order valence-electron chi connectivity index (χ2n) is 4.29. The lowest BCUT2D eigenvalue weighted by Crippen LogP contribution is -1.98. The molecule has 0 aliphatic heterocycles. The molecular formula is C14H13BrN2O2. The van der Waals surface area contributed by atoms with Gasteiger partial charge in [0.1, 0.15) is 11.8 Å². The molecule has 1 aromatic carbocycles. The maximum Gasteiger partial charge on any atom is 0.184 e. The van der Waals surface area contributed by atoms with Crippen molar-refractivity contribution in [3.05, 3.63) is 32.9 Å². The number of nitriles is 1. The van der Waals surface area contributed by atoms with Crippen molar-refractivity contribution in [3.63, 3.8) is 0 Å². The quantitative estimate of drug-likeness (QED) is 0.841. The van der Waals surface area contributed by atoms with E-state index < -0.39 is 0 Å². The summed E-state index contributed by atoms with van der Waals surface area (Å²) in [6.07, 6.45) is 0. The average Bonchev–Trinajstić information content (AvgIpc) is 2.88. The highest BCUT2D eigenvalue weighted by atomic mass is 79.9. The first kappa shape index (κ1) is 13.6. The third-order valence-corrected chi connectivity index (χ3v) is 4.43. The van der Waals surface area contributed by atoms with Gasteiger partial charge in [-0.2, -0.15) is 5.26 Å². The van der Waals surface area contributed by atoms with E-state index in [0.29, 0.717) is 5.76 Å². The van der Waals surface area contributed by atoms with Gasteiger partial charge in [-0.1, -0.05) is 21.1 Å². The molecular weight excluding hydrogens is 308 g/mol. The van der Waals surface area contributed by atoms with Crippen molar-refractivity contribution in [2.75, 3.05) is 7.11 Å². The minimum Gasteiger partial charge on any atom is -0.496 e. The van der Waals surface area contributed by atoms with Gasteiger partial charge >= 0.3 is 0 Å². The first-order valence-electron chi connectivity index (χ1n) is 5.71. The Balaban J connectivity index is 2.79. The molecule has 2 aromatic rings. The summed E-state index contributed by atoms with van der Waals surface area (Å²) in [6.45, 7) is 5.99. The minimum absolute atomic E-state index is 0.255. The second-order valence-corrected chi connectivity index (χ2v) is 5.08. The van der Waals surface area contributed by atoms with E-state index in [-0.39, 0.29) is 5.69 Å². The van der Waals surface area contributed by atoms with Crippen molar-refractivity contribution < 1.29 is 9.26 Å². The van der Waals surface area contributed by atoms with Crippen LogP contribution in [0.2, 0.25) is 0 Å². The van der Waals surface area contributed by atoms with Crippen LogP contribution < -0.4 is 4.74 Å². The van der Waals surface area contributed by atoms with Crippen molar-refractivity contribution >= 4 is 15.9 Å². The summed E-state index contributed by atoms with van der Waals surface area (Å²) in [5, 5.41) is 12.5. The molecule has 1 heterocycles. The van der Waals surface area contributed by atoms with Crippen LogP contribution in [0.5, 0.6) is 5.75 Å². The minimum atomic E-state index is 0.255. The second kappa shape index (κ2) is 5.06. The van der Waals surface area contributed by atoms with Gasteiger partial charge in [-0.05, 0) is 37.5 Å². The monoisotopic (exact) mass is 320 g/mol. The van der Waals surface area contributed by atoms with E-state index in [1.54, 1.807) is 13.2 Å². The Morgan fingerprint density at radius 3 is 2.47 bits per heavy atom. The van der Waals surface area contributed by atoms with E-state index in [0.717, 1.165) is 32.5 Å². The van der Waals surface area contributed by atoms with Gasteiger partial charge in [0.15, 0.2) is 11.5 Å². The molecule has 0 bridgehead atoms. The Kier molecular flexibility index (Phi) is 3.63. The van der Waals surface area contributed by atoms with Gasteiger partial charge < -0.3 is 9.26 Å². The summed E-state index contributed by atoms with van der Waals surface area (Å²) in [5.41, 5.74) is 4.24. The first-order chi connectivity index (χ1) is 9.01. The van der Waals surface area contributed by atoms with Crippen molar-refractivity contribution in [1.82, 2.24) is 5.16 Å². The highest BCUT2D eigenvalue weighted by molar-refractivity contribution is 9.10. The van der Waals surface area contributed by atoms with E-state index >= 15 is 0 Å². The summed E-state index contributed by atoms with van der Waals surface area (Å²) < 4.78 is 11.7. The lowest BCUT2D eigenvalue weighted by atomic mass is 9.97. The largest absolute Gasteiger partial charge is 0.496 e. The SMILES string of the molecule is COc1c(C)c(C)c(Br)c(C)c1-c1cc(C#N)no1. The van der Waals surface area contributed by atoms with Gasteiger partial charge in [0, 0.05) is 10.5 Å². The predicted molar refractivity (Wildman–Crippen MR) is 75.1 cm³/mol. The number of rotatable bonds is 2. The molecule has 0 amide bonds. The molecule has 0 aliphatic carbocycles. The Morgan fingerprint density at radius 1 is 1.26 bits per heavy atom. The van der Waals surface area contributed by atoms with Crippen LogP contribution in [-0.4, -0.2) is 12.3 Å². The number of halogens is 1. The van der Waals surface area contributed by atoms with E-state index in [4.69, 9.17) is 14.5 Å². The first-order valence-corrected chi connectivity index (χ1v) is 6.51. The predicted octanol–water partition coefficient (Wildman–Crippen LogP) is 3.91. The van der Waals surface area contributed by atoms with Crippen molar-refractivity contribution in [2.24, 2.45) is 0 Å². The molecule has 0 saturated heterocycles. The lowest BCUT2D eigenvalue weighted by Gasteiger charge is -2.17. The number of ether oxygens (including phenoxy) is 1. The molecule has 0 spiro atoms. The van der Waals surface area contributed by atoms with Crippen LogP contribution in [0, 0.1) is 32.1 Å². The fourth-order valence-electron chi connectivity index (χ4n) is 2.08. The topological polar surface area (TPSA) is 59.0 Å². The van der Waals surface area contributed by atoms with Crippen LogP contribution >= 0.6 is 15.9 Å². The highest BCUT2D eigenvalue weighted by Gasteiger charge is 2.21. The summed E-state index contributed by atoms with van der Waals surface area (Å²) in [7, 11) is 1.63. The van der Waals surface area contributed by atoms with Crippen LogP contribution in [0.15, 0.2) is 15.1 Å². The number of nitrogens with zero attached hydrogens (tertiary/aromatic N) is 2. The maximum absolute atomic E-state index is 8.83. The van der Waals surface area contributed by atoms with Gasteiger partial charge in [-0.15, -0.1) is 0 Å². The Hall–Kier alpha value is -1.80. The van der Waals surface area contributed by atoms with Gasteiger partial charge in [0.05, 0.1) is 12.7 Å². The average molecular weight is 321 g/mol. The Labute approximate surface area is 120 Å². The third kappa shape index (κ3) is 2.13. The summed E-state index contributed by atoms with van der Waals surface area (Å²) >= 11 is 3.58. The summed E-state index contributed by atoms with van der Waals surface area (Å²) in [6, 6.07) is 3.57. The molecule has 0 radical (unpaired) electrons. The van der Waals surface area contributed by atoms with E-state index in [1.807, 2.05) is 26.8 Å². The van der Waals surface area contributed by atoms with Crippen molar-refractivity contribution in [3.8, 4) is 23.1 Å². The molecule has 0 unspecified atom stereocenters. The lowest BCUT2D eigenvalue weighted by molar-refractivity contribution is 0.402. The number of methoxy groups -OCH3 is 1. The van der Waals surface area contributed by atoms with E-state index in [1.165, 1.54) is 0 Å². The molecule has 2 rings (SSSR count). The van der Waals surface area contributed by atoms with E-state index in [9.17, 15) is 0 Å². The number of aromatic nitrogens is 1. The zero-order valence-corrected chi connectivity index (χ0v) is 12.8. The fourth-order valence-corrected chi connectivity index (χ4v) is 2.58. The fraction of sp³-hybridized carbons (Fsp3) is 0.286. The normalized spacial score (nSPS) is 10.3. The molecule has 5 heteroatoms.